The number of ketones is 1. The molecule has 0 aromatic carbocycles. The molecule has 0 heterocycles. The van der Waals surface area contributed by atoms with Crippen molar-refractivity contribution in [2.24, 2.45) is 11.8 Å². The van der Waals surface area contributed by atoms with Gasteiger partial charge in [-0.3, -0.25) is 4.79 Å². The van der Waals surface area contributed by atoms with Gasteiger partial charge >= 0.3 is 0 Å². The molecule has 0 aliphatic heterocycles. The number of ether oxygens (including phenoxy) is 1. The van der Waals surface area contributed by atoms with Gasteiger partial charge < -0.3 is 4.74 Å². The van der Waals surface area contributed by atoms with Crippen LogP contribution in [0.2, 0.25) is 0 Å². The highest BCUT2D eigenvalue weighted by Gasteiger charge is 2.49. The number of fused-ring (bicyclic) bond motifs is 1. The minimum Gasteiger partial charge on any atom is -0.378 e. The summed E-state index contributed by atoms with van der Waals surface area (Å²) in [5, 5.41) is 0. The van der Waals surface area contributed by atoms with Gasteiger partial charge in [-0.25, -0.2) is 0 Å². The van der Waals surface area contributed by atoms with Gasteiger partial charge in [0, 0.05) is 18.9 Å². The lowest BCUT2D eigenvalue weighted by atomic mass is 9.73. The van der Waals surface area contributed by atoms with Crippen LogP contribution in [-0.2, 0) is 9.53 Å². The lowest BCUT2D eigenvalue weighted by Gasteiger charge is -2.38. The van der Waals surface area contributed by atoms with Crippen molar-refractivity contribution in [2.45, 2.75) is 32.3 Å². The fourth-order valence-electron chi connectivity index (χ4n) is 2.35. The van der Waals surface area contributed by atoms with Gasteiger partial charge in [0.2, 0.25) is 0 Å². The summed E-state index contributed by atoms with van der Waals surface area (Å²) >= 11 is 0. The van der Waals surface area contributed by atoms with Crippen LogP contribution < -0.4 is 0 Å². The molecule has 11 heavy (non-hydrogen) atoms. The van der Waals surface area contributed by atoms with Crippen LogP contribution in [0.5, 0.6) is 0 Å². The Morgan fingerprint density at radius 1 is 1.64 bits per heavy atom. The summed E-state index contributed by atoms with van der Waals surface area (Å²) in [6.07, 6.45) is 3.33. The van der Waals surface area contributed by atoms with Crippen molar-refractivity contribution < 1.29 is 9.53 Å². The third kappa shape index (κ3) is 1.00. The molecule has 2 nitrogen and oxygen atoms in total. The molecular formula is C9H14O2. The molecule has 2 saturated carbocycles. The zero-order valence-electron chi connectivity index (χ0n) is 6.88. The van der Waals surface area contributed by atoms with Crippen LogP contribution in [0.3, 0.4) is 0 Å². The molecule has 3 atom stereocenters. The molecule has 0 saturated heterocycles. The molecule has 0 spiro atoms. The number of carbonyl (C=O) groups is 1. The van der Waals surface area contributed by atoms with Crippen LogP contribution in [0.1, 0.15) is 26.2 Å². The molecule has 0 aromatic heterocycles. The Labute approximate surface area is 66.9 Å². The first kappa shape index (κ1) is 7.29. The highest BCUT2D eigenvalue weighted by molar-refractivity contribution is 5.85. The maximum absolute atomic E-state index is 11.2. The van der Waals surface area contributed by atoms with Gasteiger partial charge in [0.05, 0.1) is 6.10 Å². The largest absolute Gasteiger partial charge is 0.378 e. The summed E-state index contributed by atoms with van der Waals surface area (Å²) < 4.78 is 5.44. The predicted molar refractivity (Wildman–Crippen MR) is 41.3 cm³/mol. The van der Waals surface area contributed by atoms with Crippen LogP contribution in [0.15, 0.2) is 0 Å². The van der Waals surface area contributed by atoms with E-state index in [0.717, 1.165) is 25.9 Å². The predicted octanol–water partition coefficient (Wildman–Crippen LogP) is 1.39. The molecule has 0 bridgehead atoms. The second-order valence-corrected chi connectivity index (χ2v) is 3.52. The molecule has 2 aliphatic carbocycles. The summed E-state index contributed by atoms with van der Waals surface area (Å²) in [6.45, 7) is 2.74. The van der Waals surface area contributed by atoms with Gasteiger partial charge in [0.15, 0.2) is 0 Å². The Hall–Kier alpha value is -0.370. The Morgan fingerprint density at radius 3 is 3.09 bits per heavy atom. The number of hydrogen-bond donors (Lipinski definition) is 0. The number of Topliss-reactive ketones (excluding diaryl/α,β-unsaturated/α-hetero) is 1. The Bertz CT molecular complexity index is 176. The van der Waals surface area contributed by atoms with E-state index in [0.29, 0.717) is 11.7 Å². The number of carbonyl (C=O) groups excluding carboxylic acids is 1. The van der Waals surface area contributed by atoms with Crippen LogP contribution in [0.25, 0.3) is 0 Å². The molecule has 2 fully saturated rings. The van der Waals surface area contributed by atoms with Crippen LogP contribution in [0.4, 0.5) is 0 Å². The molecule has 0 radical (unpaired) electrons. The van der Waals surface area contributed by atoms with Gasteiger partial charge in [-0.05, 0) is 25.7 Å². The Balaban J connectivity index is 1.95. The van der Waals surface area contributed by atoms with E-state index in [2.05, 4.69) is 0 Å². The summed E-state index contributed by atoms with van der Waals surface area (Å²) in [4.78, 5) is 11.2. The summed E-state index contributed by atoms with van der Waals surface area (Å²) in [6, 6.07) is 0. The number of hydrogen-bond acceptors (Lipinski definition) is 2. The van der Waals surface area contributed by atoms with Gasteiger partial charge in [0.25, 0.3) is 0 Å². The maximum atomic E-state index is 11.2. The van der Waals surface area contributed by atoms with E-state index in [1.807, 2.05) is 6.92 Å². The quantitative estimate of drug-likeness (QED) is 0.600. The fraction of sp³-hybridized carbons (Fsp3) is 0.889. The van der Waals surface area contributed by atoms with Crippen molar-refractivity contribution in [2.75, 3.05) is 6.61 Å². The van der Waals surface area contributed by atoms with Crippen LogP contribution in [-0.4, -0.2) is 18.5 Å². The topological polar surface area (TPSA) is 26.3 Å². The van der Waals surface area contributed by atoms with Crippen LogP contribution >= 0.6 is 0 Å². The molecule has 1 unspecified atom stereocenters. The first-order chi connectivity index (χ1) is 5.33. The molecular weight excluding hydrogens is 140 g/mol. The Morgan fingerprint density at radius 2 is 2.45 bits per heavy atom. The smallest absolute Gasteiger partial charge is 0.138 e. The second kappa shape index (κ2) is 2.59. The molecule has 62 valence electrons. The summed E-state index contributed by atoms with van der Waals surface area (Å²) in [7, 11) is 0. The van der Waals surface area contributed by atoms with E-state index in [1.54, 1.807) is 0 Å². The van der Waals surface area contributed by atoms with E-state index in [9.17, 15) is 4.79 Å². The Kier molecular flexibility index (Phi) is 1.72. The van der Waals surface area contributed by atoms with Gasteiger partial charge in [-0.2, -0.15) is 0 Å². The number of rotatable bonds is 2. The molecule has 0 amide bonds. The zero-order valence-corrected chi connectivity index (χ0v) is 6.88. The van der Waals surface area contributed by atoms with E-state index >= 15 is 0 Å². The maximum Gasteiger partial charge on any atom is 0.138 e. The summed E-state index contributed by atoms with van der Waals surface area (Å²) in [5.41, 5.74) is 0. The molecule has 2 aliphatic rings. The van der Waals surface area contributed by atoms with E-state index < -0.39 is 0 Å². The van der Waals surface area contributed by atoms with Crippen molar-refractivity contribution in [1.29, 1.82) is 0 Å². The minimum absolute atomic E-state index is 0.278. The van der Waals surface area contributed by atoms with Gasteiger partial charge in [0.1, 0.15) is 5.78 Å². The third-order valence-corrected chi connectivity index (χ3v) is 2.96. The van der Waals surface area contributed by atoms with Crippen molar-refractivity contribution in [3.05, 3.63) is 0 Å². The second-order valence-electron chi connectivity index (χ2n) is 3.52. The molecule has 0 N–H and O–H groups in total. The molecule has 2 rings (SSSR count). The molecule has 0 aromatic rings. The normalized spacial score (nSPS) is 41.9. The van der Waals surface area contributed by atoms with Gasteiger partial charge in [-0.15, -0.1) is 0 Å². The zero-order chi connectivity index (χ0) is 7.84. The van der Waals surface area contributed by atoms with Crippen LogP contribution in [0, 0.1) is 11.8 Å². The van der Waals surface area contributed by atoms with Crippen molar-refractivity contribution in [3.8, 4) is 0 Å². The lowest BCUT2D eigenvalue weighted by Crippen LogP contribution is -2.43. The minimum atomic E-state index is 0.278. The first-order valence-corrected chi connectivity index (χ1v) is 4.47. The van der Waals surface area contributed by atoms with Crippen molar-refractivity contribution in [3.63, 3.8) is 0 Å². The SMILES string of the molecule is CCOC1C[C@@H]2CCC(=O)[C@H]12. The third-order valence-electron chi connectivity index (χ3n) is 2.96. The lowest BCUT2D eigenvalue weighted by molar-refractivity contribution is -0.135. The highest BCUT2D eigenvalue weighted by Crippen LogP contribution is 2.46. The average Bonchev–Trinajstić information content (AvgIpc) is 2.20. The average molecular weight is 154 g/mol. The van der Waals surface area contributed by atoms with Gasteiger partial charge in [-0.1, -0.05) is 0 Å². The first-order valence-electron chi connectivity index (χ1n) is 4.47. The van der Waals surface area contributed by atoms with E-state index in [4.69, 9.17) is 4.74 Å². The monoisotopic (exact) mass is 154 g/mol. The highest BCUT2D eigenvalue weighted by atomic mass is 16.5. The van der Waals surface area contributed by atoms with Crippen molar-refractivity contribution in [1.82, 2.24) is 0 Å². The standard InChI is InChI=1S/C9H14O2/c1-2-11-8-5-6-3-4-7(10)9(6)8/h6,8-9H,2-5H2,1H3/t6-,8?,9+/m0/s1. The summed E-state index contributed by atoms with van der Waals surface area (Å²) in [5.74, 6) is 1.41. The van der Waals surface area contributed by atoms with E-state index in [-0.39, 0.29) is 12.0 Å². The van der Waals surface area contributed by atoms with E-state index in [1.165, 1.54) is 0 Å². The van der Waals surface area contributed by atoms with Crippen molar-refractivity contribution >= 4 is 5.78 Å². The fourth-order valence-corrected chi connectivity index (χ4v) is 2.35. The molecule has 2 heteroatoms.